The number of carbonyl (C=O) groups is 4. The molecule has 3 aromatic heterocycles. The van der Waals surface area contributed by atoms with Crippen LogP contribution in [0.15, 0.2) is 35.9 Å². The van der Waals surface area contributed by atoms with Gasteiger partial charge in [0.2, 0.25) is 27.7 Å². The summed E-state index contributed by atoms with van der Waals surface area (Å²) in [7, 11) is -2.15. The maximum absolute atomic E-state index is 14.6. The highest BCUT2D eigenvalue weighted by Gasteiger charge is 2.62. The fourth-order valence-electron chi connectivity index (χ4n) is 7.94. The third-order valence-corrected chi connectivity index (χ3v) is 14.0. The van der Waals surface area contributed by atoms with Gasteiger partial charge < -0.3 is 25.0 Å². The summed E-state index contributed by atoms with van der Waals surface area (Å²) in [5.74, 6) is -2.10. The normalized spacial score (nSPS) is 28.3. The van der Waals surface area contributed by atoms with Crippen LogP contribution in [0.3, 0.4) is 0 Å². The first-order valence-electron chi connectivity index (χ1n) is 19.2. The average molecular weight is 795 g/mol. The van der Waals surface area contributed by atoms with Crippen molar-refractivity contribution in [2.75, 3.05) is 6.54 Å². The van der Waals surface area contributed by atoms with E-state index in [1.54, 1.807) is 17.9 Å². The van der Waals surface area contributed by atoms with Gasteiger partial charge in [-0.05, 0) is 75.7 Å². The van der Waals surface area contributed by atoms with Crippen molar-refractivity contribution in [3.05, 3.63) is 35.9 Å². The van der Waals surface area contributed by atoms with Crippen molar-refractivity contribution >= 4 is 56.3 Å². The molecular formula is C37H46N8O8S2. The van der Waals surface area contributed by atoms with E-state index in [4.69, 9.17) is 19.4 Å². The molecule has 5 atom stereocenters. The number of nitrogens with zero attached hydrogens (tertiary/aromatic N) is 5. The molecule has 0 aromatic carbocycles. The number of thiophene rings is 1. The Morgan fingerprint density at radius 2 is 1.84 bits per heavy atom. The molecule has 0 unspecified atom stereocenters. The van der Waals surface area contributed by atoms with Crippen LogP contribution in [0.2, 0.25) is 0 Å². The minimum atomic E-state index is -3.89. The van der Waals surface area contributed by atoms with Gasteiger partial charge in [-0.3, -0.25) is 19.1 Å². The number of ether oxygens (including phenoxy) is 2. The number of aryl methyl sites for hydroxylation is 1. The van der Waals surface area contributed by atoms with Gasteiger partial charge >= 0.3 is 6.09 Å². The molecule has 4 fully saturated rings. The molecule has 1 saturated heterocycles. The first-order valence-corrected chi connectivity index (χ1v) is 21.7. The van der Waals surface area contributed by atoms with Crippen LogP contribution in [0.4, 0.5) is 4.79 Å². The number of fused-ring (bicyclic) bond motifs is 3. The van der Waals surface area contributed by atoms with Crippen LogP contribution in [-0.4, -0.2) is 98.5 Å². The first-order chi connectivity index (χ1) is 26.5. The second-order valence-corrected chi connectivity index (χ2v) is 18.2. The van der Waals surface area contributed by atoms with Gasteiger partial charge in [-0.2, -0.15) is 10.1 Å². The number of amides is 4. The number of hydrogen-bond donors (Lipinski definition) is 3. The van der Waals surface area contributed by atoms with Gasteiger partial charge in [0.1, 0.15) is 41.0 Å². The van der Waals surface area contributed by atoms with Crippen molar-refractivity contribution in [2.24, 2.45) is 13.0 Å². The number of carbonyl (C=O) groups excluding carboxylic acids is 4. The Labute approximate surface area is 322 Å². The number of nitrogens with one attached hydrogen (secondary N) is 3. The van der Waals surface area contributed by atoms with Crippen LogP contribution in [0, 0.1) is 5.92 Å². The zero-order chi connectivity index (χ0) is 38.3. The fourth-order valence-corrected chi connectivity index (χ4v) is 10.0. The van der Waals surface area contributed by atoms with Crippen LogP contribution in [-0.2, 0) is 36.2 Å². The molecule has 0 radical (unpaired) electrons. The molecule has 3 N–H and O–H groups in total. The Kier molecular flexibility index (Phi) is 10.3. The molecule has 8 rings (SSSR count). The number of alkyl carbamates (subject to hydrolysis) is 1. The van der Waals surface area contributed by atoms with Crippen molar-refractivity contribution < 1.29 is 37.1 Å². The number of allylic oxidation sites excluding steroid dienone is 1. The zero-order valence-corrected chi connectivity index (χ0v) is 32.3. The van der Waals surface area contributed by atoms with Crippen molar-refractivity contribution in [2.45, 2.75) is 119 Å². The maximum atomic E-state index is 14.6. The van der Waals surface area contributed by atoms with E-state index in [-0.39, 0.29) is 31.4 Å². The second kappa shape index (κ2) is 15.2. The predicted molar refractivity (Wildman–Crippen MR) is 201 cm³/mol. The van der Waals surface area contributed by atoms with Crippen molar-refractivity contribution in [3.63, 3.8) is 0 Å². The van der Waals surface area contributed by atoms with Crippen LogP contribution >= 0.6 is 11.3 Å². The van der Waals surface area contributed by atoms with Crippen molar-refractivity contribution in [1.29, 1.82) is 0 Å². The Balaban J connectivity index is 1.10. The number of aromatic nitrogens is 4. The third kappa shape index (κ3) is 7.92. The molecule has 294 valence electrons. The highest BCUT2D eigenvalue weighted by Crippen LogP contribution is 2.46. The summed E-state index contributed by atoms with van der Waals surface area (Å²) in [4.78, 5) is 67.8. The maximum Gasteiger partial charge on any atom is 0.408 e. The second-order valence-electron chi connectivity index (χ2n) is 15.3. The molecule has 4 amide bonds. The lowest BCUT2D eigenvalue weighted by Gasteiger charge is -2.30. The van der Waals surface area contributed by atoms with Gasteiger partial charge in [0.25, 0.3) is 5.91 Å². The smallest absolute Gasteiger partial charge is 0.408 e. The summed E-state index contributed by atoms with van der Waals surface area (Å²) >= 11 is 1.46. The predicted octanol–water partition coefficient (Wildman–Crippen LogP) is 3.48. The minimum Gasteiger partial charge on any atom is -0.471 e. The van der Waals surface area contributed by atoms with Crippen molar-refractivity contribution in [1.82, 2.24) is 40.0 Å². The Morgan fingerprint density at radius 3 is 2.60 bits per heavy atom. The highest BCUT2D eigenvalue weighted by atomic mass is 32.2. The van der Waals surface area contributed by atoms with Crippen LogP contribution < -0.4 is 20.1 Å². The summed E-state index contributed by atoms with van der Waals surface area (Å²) in [6.45, 7) is -0.0274. The van der Waals surface area contributed by atoms with E-state index in [1.807, 2.05) is 29.7 Å². The quantitative estimate of drug-likeness (QED) is 0.282. The third-order valence-electron chi connectivity index (χ3n) is 11.3. The lowest BCUT2D eigenvalue weighted by molar-refractivity contribution is -0.141. The molecule has 3 aliphatic carbocycles. The standard InChI is InChI=1S/C37H46N8O8S2/c1-44-31-27(20-38-44)39-30(29-14-9-17-54-29)33(41-31)52-24-18-28-32(46)42-37(35(48)43-55(50,51)25-15-16-25)19-22(37)10-5-3-2-4-6-13-26(34(47)45(28)21-24)40-36(49)53-23-11-7-8-12-23/h5,9-10,14,17,20,22-26,28H,2-4,6-8,11-13,15-16,18-19,21H2,1H3,(H,40,49)(H,42,46)(H,43,48)/b10-5-/t22-,24-,26+,28+,37-/m1/s1. The van der Waals surface area contributed by atoms with E-state index in [9.17, 15) is 27.6 Å². The molecule has 3 saturated carbocycles. The van der Waals surface area contributed by atoms with E-state index in [0.29, 0.717) is 49.0 Å². The lowest BCUT2D eigenvalue weighted by atomic mass is 10.0. The van der Waals surface area contributed by atoms with E-state index in [2.05, 4.69) is 20.5 Å². The molecule has 2 aliphatic heterocycles. The molecule has 3 aromatic rings. The Morgan fingerprint density at radius 1 is 1.04 bits per heavy atom. The highest BCUT2D eigenvalue weighted by molar-refractivity contribution is 7.91. The van der Waals surface area contributed by atoms with Crippen LogP contribution in [0.25, 0.3) is 21.7 Å². The minimum absolute atomic E-state index is 0.0274. The first kappa shape index (κ1) is 37.3. The van der Waals surface area contributed by atoms with Crippen LogP contribution in [0.5, 0.6) is 5.88 Å². The van der Waals surface area contributed by atoms with Gasteiger partial charge in [-0.1, -0.05) is 31.1 Å². The molecule has 0 spiro atoms. The number of sulfonamides is 1. The Hall–Kier alpha value is -4.58. The van der Waals surface area contributed by atoms with E-state index in [1.165, 1.54) is 16.2 Å². The summed E-state index contributed by atoms with van der Waals surface area (Å²) in [5.41, 5.74) is 0.0497. The fraction of sp³-hybridized carbons (Fsp3) is 0.595. The molecule has 16 nitrogen and oxygen atoms in total. The molecule has 5 heterocycles. The van der Waals surface area contributed by atoms with Crippen LogP contribution in [0.1, 0.15) is 83.5 Å². The Bertz CT molecular complexity index is 2100. The lowest BCUT2D eigenvalue weighted by Crippen LogP contribution is -2.58. The van der Waals surface area contributed by atoms with E-state index < -0.39 is 68.7 Å². The largest absolute Gasteiger partial charge is 0.471 e. The van der Waals surface area contributed by atoms with E-state index in [0.717, 1.165) is 43.4 Å². The molecular weight excluding hydrogens is 749 g/mol. The molecule has 55 heavy (non-hydrogen) atoms. The summed E-state index contributed by atoms with van der Waals surface area (Å²) in [6, 6.07) is 1.69. The van der Waals surface area contributed by atoms with Crippen molar-refractivity contribution in [3.8, 4) is 16.5 Å². The summed E-state index contributed by atoms with van der Waals surface area (Å²) in [6.07, 6.45) is 11.7. The van der Waals surface area contributed by atoms with Gasteiger partial charge in [0.15, 0.2) is 5.65 Å². The van der Waals surface area contributed by atoms with Gasteiger partial charge in [-0.15, -0.1) is 11.3 Å². The van der Waals surface area contributed by atoms with Gasteiger partial charge in [-0.25, -0.2) is 22.9 Å². The SMILES string of the molecule is Cn1ncc2nc(-c3cccs3)c(O[C@@H]3C[C@H]4C(=O)N[C@]5(C(=O)NS(=O)(=O)C6CC6)C[C@H]5/C=C\CCCCC[C@H](NC(=O)OC5CCCC5)C(=O)N4C3)nc21. The summed E-state index contributed by atoms with van der Waals surface area (Å²) in [5, 5.41) is 11.3. The molecule has 18 heteroatoms. The molecule has 5 aliphatic rings. The zero-order valence-electron chi connectivity index (χ0n) is 30.6. The average Bonchev–Trinajstić information content (AvgIpc) is 3.78. The van der Waals surface area contributed by atoms with E-state index >= 15 is 0 Å². The monoisotopic (exact) mass is 794 g/mol. The number of rotatable bonds is 8. The van der Waals surface area contributed by atoms with Gasteiger partial charge in [0, 0.05) is 19.4 Å². The van der Waals surface area contributed by atoms with Gasteiger partial charge in [0.05, 0.1) is 22.9 Å². The summed E-state index contributed by atoms with van der Waals surface area (Å²) < 4.78 is 41.8. The topological polar surface area (TPSA) is 204 Å². The molecule has 0 bridgehead atoms. The number of hydrogen-bond acceptors (Lipinski definition) is 12.